The Balaban J connectivity index is 1.49. The molecule has 4 aromatic rings. The molecule has 178 valence electrons. The Kier molecular flexibility index (Phi) is 4.91. The van der Waals surface area contributed by atoms with E-state index in [2.05, 4.69) is 41.8 Å². The SMILES string of the molecule is Cc1c(C2=C([O-])C(=CC3=[N+](C)c4ccccc4C3(C)Cc3ccccc3)C2=O)c2ccccc2n1C. The van der Waals surface area contributed by atoms with Crippen LogP contribution in [0, 0.1) is 6.92 Å². The molecule has 2 heterocycles. The molecule has 0 saturated heterocycles. The fourth-order valence-electron chi connectivity index (χ4n) is 6.06. The molecule has 3 aromatic carbocycles. The molecule has 1 aromatic heterocycles. The molecule has 0 radical (unpaired) electrons. The van der Waals surface area contributed by atoms with Crippen LogP contribution in [-0.2, 0) is 23.7 Å². The Bertz CT molecular complexity index is 1670. The first kappa shape index (κ1) is 22.3. The molecule has 4 nitrogen and oxygen atoms in total. The van der Waals surface area contributed by atoms with Crippen LogP contribution in [0.1, 0.15) is 29.3 Å². The van der Waals surface area contributed by atoms with Crippen molar-refractivity contribution in [1.82, 2.24) is 4.57 Å². The average molecular weight is 473 g/mol. The maximum atomic E-state index is 13.5. The van der Waals surface area contributed by atoms with E-state index < -0.39 is 0 Å². The first-order valence-electron chi connectivity index (χ1n) is 12.3. The number of carbonyl (C=O) groups excluding carboxylic acids is 1. The Morgan fingerprint density at radius 3 is 2.39 bits per heavy atom. The molecule has 1 aliphatic heterocycles. The third-order valence-electron chi connectivity index (χ3n) is 8.06. The van der Waals surface area contributed by atoms with E-state index in [-0.39, 0.29) is 22.5 Å². The van der Waals surface area contributed by atoms with Crippen LogP contribution in [0.15, 0.2) is 96.3 Å². The number of allylic oxidation sites excluding steroid dienone is 3. The standard InChI is InChI=1S/C32H28N2O2/c1-20-28(22-14-8-10-16-25(22)33(20)3)29-30(35)23(31(29)36)18-27-32(2,19-21-12-6-5-7-13-21)24-15-9-11-17-26(24)34(27)4/h5-18H,19H2,1-4H3. The first-order valence-corrected chi connectivity index (χ1v) is 12.3. The number of benzene rings is 3. The molecule has 0 spiro atoms. The quantitative estimate of drug-likeness (QED) is 0.310. The molecule has 1 atom stereocenters. The van der Waals surface area contributed by atoms with Crippen molar-refractivity contribution in [2.75, 3.05) is 7.05 Å². The van der Waals surface area contributed by atoms with Crippen molar-refractivity contribution < 1.29 is 14.5 Å². The van der Waals surface area contributed by atoms with Gasteiger partial charge in [-0.1, -0.05) is 72.5 Å². The van der Waals surface area contributed by atoms with Crippen LogP contribution in [0.3, 0.4) is 0 Å². The van der Waals surface area contributed by atoms with E-state index in [1.165, 1.54) is 11.1 Å². The highest BCUT2D eigenvalue weighted by Crippen LogP contribution is 2.45. The van der Waals surface area contributed by atoms with Gasteiger partial charge in [-0.05, 0) is 31.9 Å². The van der Waals surface area contributed by atoms with Gasteiger partial charge in [0.15, 0.2) is 11.5 Å². The zero-order chi connectivity index (χ0) is 25.2. The second-order valence-electron chi connectivity index (χ2n) is 10.1. The summed E-state index contributed by atoms with van der Waals surface area (Å²) < 4.78 is 4.18. The topological polar surface area (TPSA) is 48.1 Å². The van der Waals surface area contributed by atoms with Gasteiger partial charge in [0.2, 0.25) is 5.69 Å². The van der Waals surface area contributed by atoms with Crippen LogP contribution >= 0.6 is 0 Å². The summed E-state index contributed by atoms with van der Waals surface area (Å²) in [4.78, 5) is 13.5. The second-order valence-corrected chi connectivity index (χ2v) is 10.1. The lowest BCUT2D eigenvalue weighted by molar-refractivity contribution is -0.401. The van der Waals surface area contributed by atoms with Crippen molar-refractivity contribution in [3.8, 4) is 0 Å². The van der Waals surface area contributed by atoms with Gasteiger partial charge in [0, 0.05) is 58.1 Å². The van der Waals surface area contributed by atoms with Crippen molar-refractivity contribution >= 4 is 33.7 Å². The number of fused-ring (bicyclic) bond motifs is 2. The molecule has 0 amide bonds. The number of aryl methyl sites for hydroxylation is 1. The number of hydrogen-bond acceptors (Lipinski definition) is 2. The summed E-state index contributed by atoms with van der Waals surface area (Å²) in [5, 5.41) is 14.5. The molecule has 0 saturated carbocycles. The smallest absolute Gasteiger partial charge is 0.209 e. The normalized spacial score (nSPS) is 20.4. The molecule has 0 fully saturated rings. The van der Waals surface area contributed by atoms with Gasteiger partial charge in [0.05, 0.1) is 5.41 Å². The zero-order valence-electron chi connectivity index (χ0n) is 21.0. The van der Waals surface area contributed by atoms with Gasteiger partial charge in [-0.2, -0.15) is 4.58 Å². The summed E-state index contributed by atoms with van der Waals surface area (Å²) in [7, 11) is 4.00. The number of carbonyl (C=O) groups is 1. The summed E-state index contributed by atoms with van der Waals surface area (Å²) in [6, 6.07) is 26.7. The van der Waals surface area contributed by atoms with Gasteiger partial charge in [0.25, 0.3) is 0 Å². The highest BCUT2D eigenvalue weighted by molar-refractivity contribution is 6.41. The molecule has 1 unspecified atom stereocenters. The Morgan fingerprint density at radius 2 is 1.64 bits per heavy atom. The molecule has 6 rings (SSSR count). The van der Waals surface area contributed by atoms with E-state index >= 15 is 0 Å². The molecule has 1 aliphatic carbocycles. The van der Waals surface area contributed by atoms with E-state index in [1.807, 2.05) is 80.2 Å². The number of hydrogen-bond donors (Lipinski definition) is 0. The monoisotopic (exact) mass is 472 g/mol. The molecule has 4 heteroatoms. The van der Waals surface area contributed by atoms with E-state index in [0.29, 0.717) is 5.57 Å². The Hall–Kier alpha value is -4.18. The predicted octanol–water partition coefficient (Wildman–Crippen LogP) is 5.00. The summed E-state index contributed by atoms with van der Waals surface area (Å²) in [5.74, 6) is -0.336. The number of Topliss-reactive ketones (excluding diaryl/α,β-unsaturated/α-hetero) is 1. The summed E-state index contributed by atoms with van der Waals surface area (Å²) >= 11 is 0. The molecule has 2 aliphatic rings. The minimum absolute atomic E-state index is 0.168. The third-order valence-corrected chi connectivity index (χ3v) is 8.06. The number of aromatic nitrogens is 1. The van der Waals surface area contributed by atoms with Crippen LogP contribution in [0.5, 0.6) is 0 Å². The molecule has 0 bridgehead atoms. The van der Waals surface area contributed by atoms with Crippen molar-refractivity contribution in [3.05, 3.63) is 119 Å². The van der Waals surface area contributed by atoms with Crippen LogP contribution in [0.4, 0.5) is 5.69 Å². The zero-order valence-corrected chi connectivity index (χ0v) is 21.0. The second kappa shape index (κ2) is 7.92. The lowest BCUT2D eigenvalue weighted by atomic mass is 9.73. The largest absolute Gasteiger partial charge is 0.871 e. The molecule has 0 N–H and O–H groups in total. The van der Waals surface area contributed by atoms with Crippen molar-refractivity contribution in [1.29, 1.82) is 0 Å². The minimum Gasteiger partial charge on any atom is -0.871 e. The number of nitrogens with zero attached hydrogens (tertiary/aromatic N) is 2. The summed E-state index contributed by atoms with van der Waals surface area (Å²) in [6.07, 6.45) is 2.62. The van der Waals surface area contributed by atoms with E-state index in [4.69, 9.17) is 0 Å². The van der Waals surface area contributed by atoms with Crippen molar-refractivity contribution in [2.45, 2.75) is 25.7 Å². The fraction of sp³-hybridized carbons (Fsp3) is 0.188. The Labute approximate surface area is 211 Å². The van der Waals surface area contributed by atoms with Gasteiger partial charge < -0.3 is 9.67 Å². The third kappa shape index (κ3) is 3.00. The maximum Gasteiger partial charge on any atom is 0.209 e. The van der Waals surface area contributed by atoms with E-state index in [1.54, 1.807) is 0 Å². The fourth-order valence-corrected chi connectivity index (χ4v) is 6.06. The molecule has 36 heavy (non-hydrogen) atoms. The minimum atomic E-state index is -0.370. The average Bonchev–Trinajstić information content (AvgIpc) is 3.26. The maximum absolute atomic E-state index is 13.5. The molecular formula is C32H28N2O2. The highest BCUT2D eigenvalue weighted by Gasteiger charge is 2.47. The van der Waals surface area contributed by atoms with Crippen LogP contribution in [-0.4, -0.2) is 27.7 Å². The van der Waals surface area contributed by atoms with E-state index in [0.717, 1.165) is 40.0 Å². The summed E-state index contributed by atoms with van der Waals surface area (Å²) in [5.41, 5.74) is 7.41. The first-order chi connectivity index (χ1) is 17.3. The summed E-state index contributed by atoms with van der Waals surface area (Å²) in [6.45, 7) is 4.18. The Morgan fingerprint density at radius 1 is 0.972 bits per heavy atom. The molecular weight excluding hydrogens is 444 g/mol. The number of rotatable bonds is 4. The van der Waals surface area contributed by atoms with Gasteiger partial charge in [-0.15, -0.1) is 0 Å². The lowest BCUT2D eigenvalue weighted by Crippen LogP contribution is -2.36. The highest BCUT2D eigenvalue weighted by atomic mass is 16.3. The van der Waals surface area contributed by atoms with Gasteiger partial charge in [-0.25, -0.2) is 0 Å². The van der Waals surface area contributed by atoms with Crippen molar-refractivity contribution in [3.63, 3.8) is 0 Å². The van der Waals surface area contributed by atoms with Crippen LogP contribution < -0.4 is 5.11 Å². The lowest BCUT2D eigenvalue weighted by Gasteiger charge is -2.31. The van der Waals surface area contributed by atoms with Gasteiger partial charge >= 0.3 is 0 Å². The van der Waals surface area contributed by atoms with Crippen LogP contribution in [0.25, 0.3) is 16.5 Å². The predicted molar refractivity (Wildman–Crippen MR) is 142 cm³/mol. The van der Waals surface area contributed by atoms with E-state index in [9.17, 15) is 9.90 Å². The van der Waals surface area contributed by atoms with Crippen LogP contribution in [0.2, 0.25) is 0 Å². The van der Waals surface area contributed by atoms with Gasteiger partial charge in [0.1, 0.15) is 7.05 Å². The number of para-hydroxylation sites is 2. The van der Waals surface area contributed by atoms with Gasteiger partial charge in [-0.3, -0.25) is 4.79 Å². The van der Waals surface area contributed by atoms with Crippen molar-refractivity contribution in [2.24, 2.45) is 7.05 Å². The number of ketones is 1.